The van der Waals surface area contributed by atoms with Crippen molar-refractivity contribution < 1.29 is 24.0 Å². The molecule has 6 nitrogen and oxygen atoms in total. The first-order chi connectivity index (χ1) is 11.7. The highest BCUT2D eigenvalue weighted by atomic mass is 16.7. The Balaban J connectivity index is 1.56. The van der Waals surface area contributed by atoms with Gasteiger partial charge in [0.25, 0.3) is 11.8 Å². The lowest BCUT2D eigenvalue weighted by atomic mass is 10.1. The quantitative estimate of drug-likeness (QED) is 0.625. The predicted molar refractivity (Wildman–Crippen MR) is 83.6 cm³/mol. The van der Waals surface area contributed by atoms with Crippen LogP contribution in [0.2, 0.25) is 0 Å². The summed E-state index contributed by atoms with van der Waals surface area (Å²) in [5.74, 6) is 3.90. The van der Waals surface area contributed by atoms with Crippen molar-refractivity contribution in [3.8, 4) is 11.8 Å². The number of nitrogens with zero attached hydrogens (tertiary/aromatic N) is 1. The molecule has 1 aromatic rings. The van der Waals surface area contributed by atoms with Crippen LogP contribution >= 0.6 is 0 Å². The summed E-state index contributed by atoms with van der Waals surface area (Å²) in [7, 11) is 0. The van der Waals surface area contributed by atoms with Gasteiger partial charge in [0.15, 0.2) is 0 Å². The molecule has 2 aliphatic rings. The molecule has 0 saturated heterocycles. The molecule has 1 heterocycles. The van der Waals surface area contributed by atoms with Crippen LogP contribution in [0.1, 0.15) is 52.8 Å². The molecule has 3 rings (SSSR count). The van der Waals surface area contributed by atoms with Crippen LogP contribution in [0.3, 0.4) is 0 Å². The zero-order valence-electron chi connectivity index (χ0n) is 13.1. The van der Waals surface area contributed by atoms with Crippen molar-refractivity contribution in [3.05, 3.63) is 35.4 Å². The van der Waals surface area contributed by atoms with Crippen molar-refractivity contribution in [2.24, 2.45) is 0 Å². The van der Waals surface area contributed by atoms with E-state index in [4.69, 9.17) is 9.57 Å². The summed E-state index contributed by atoms with van der Waals surface area (Å²) in [6.45, 7) is -0.354. The molecule has 24 heavy (non-hydrogen) atoms. The fourth-order valence-corrected chi connectivity index (χ4v) is 2.65. The molecular formula is C18H17NO5. The third-order valence-corrected chi connectivity index (χ3v) is 3.88. The number of hydrogen-bond donors (Lipinski definition) is 0. The van der Waals surface area contributed by atoms with E-state index in [-0.39, 0.29) is 23.8 Å². The second-order valence-corrected chi connectivity index (χ2v) is 5.63. The summed E-state index contributed by atoms with van der Waals surface area (Å²) in [6.07, 6.45) is 4.44. The first-order valence-electron chi connectivity index (χ1n) is 7.95. The number of amides is 2. The van der Waals surface area contributed by atoms with Crippen molar-refractivity contribution in [1.82, 2.24) is 5.06 Å². The summed E-state index contributed by atoms with van der Waals surface area (Å²) >= 11 is 0. The number of imide groups is 1. The van der Waals surface area contributed by atoms with Crippen LogP contribution in [0.25, 0.3) is 0 Å². The molecule has 0 saturated carbocycles. The average Bonchev–Trinajstić information content (AvgIpc) is 2.79. The minimum Gasteiger partial charge on any atom is -0.354 e. The summed E-state index contributed by atoms with van der Waals surface area (Å²) in [5, 5.41) is 0.486. The lowest BCUT2D eigenvalue weighted by Gasteiger charge is -2.15. The van der Waals surface area contributed by atoms with E-state index in [0.29, 0.717) is 5.06 Å². The van der Waals surface area contributed by atoms with E-state index in [1.165, 1.54) is 12.1 Å². The molecule has 0 N–H and O–H groups in total. The van der Waals surface area contributed by atoms with E-state index in [1.54, 1.807) is 12.1 Å². The van der Waals surface area contributed by atoms with Crippen molar-refractivity contribution in [3.63, 3.8) is 0 Å². The Morgan fingerprint density at radius 2 is 1.83 bits per heavy atom. The lowest BCUT2D eigenvalue weighted by Crippen LogP contribution is -2.34. The van der Waals surface area contributed by atoms with E-state index in [2.05, 4.69) is 11.8 Å². The fourth-order valence-electron chi connectivity index (χ4n) is 2.65. The van der Waals surface area contributed by atoms with Crippen LogP contribution in [-0.4, -0.2) is 35.6 Å². The number of fused-ring (bicyclic) bond motifs is 1. The number of carbonyl (C=O) groups is 3. The third-order valence-electron chi connectivity index (χ3n) is 3.88. The van der Waals surface area contributed by atoms with Crippen molar-refractivity contribution in [2.45, 2.75) is 38.2 Å². The molecule has 2 amide bonds. The van der Waals surface area contributed by atoms with Gasteiger partial charge in [-0.3, -0.25) is 9.59 Å². The van der Waals surface area contributed by atoms with Crippen molar-refractivity contribution in [1.29, 1.82) is 0 Å². The van der Waals surface area contributed by atoms with Gasteiger partial charge in [-0.05, 0) is 31.4 Å². The van der Waals surface area contributed by atoms with E-state index < -0.39 is 17.8 Å². The summed E-state index contributed by atoms with van der Waals surface area (Å²) in [4.78, 5) is 41.0. The SMILES string of the molecule is O=C(COC1C#CCCCCC1)ON1C(=O)c2ccccc2C1=O. The molecule has 1 aliphatic carbocycles. The van der Waals surface area contributed by atoms with Gasteiger partial charge in [0.05, 0.1) is 11.1 Å². The van der Waals surface area contributed by atoms with Gasteiger partial charge in [-0.15, -0.1) is 5.92 Å². The molecule has 0 radical (unpaired) electrons. The molecule has 0 spiro atoms. The summed E-state index contributed by atoms with van der Waals surface area (Å²) in [6, 6.07) is 6.32. The van der Waals surface area contributed by atoms with Crippen LogP contribution in [0.5, 0.6) is 0 Å². The number of benzene rings is 1. The normalized spacial score (nSPS) is 19.8. The summed E-state index contributed by atoms with van der Waals surface area (Å²) < 4.78 is 5.44. The minimum atomic E-state index is -0.798. The molecule has 1 atom stereocenters. The van der Waals surface area contributed by atoms with Crippen LogP contribution < -0.4 is 0 Å². The molecule has 124 valence electrons. The smallest absolute Gasteiger partial charge is 0.354 e. The monoisotopic (exact) mass is 327 g/mol. The number of ether oxygens (including phenoxy) is 1. The number of rotatable bonds is 4. The highest BCUT2D eigenvalue weighted by Gasteiger charge is 2.38. The Morgan fingerprint density at radius 1 is 1.12 bits per heavy atom. The average molecular weight is 327 g/mol. The van der Waals surface area contributed by atoms with Gasteiger partial charge >= 0.3 is 5.97 Å². The molecule has 1 aliphatic heterocycles. The molecule has 0 fully saturated rings. The third kappa shape index (κ3) is 3.47. The number of carbonyl (C=O) groups excluding carboxylic acids is 3. The zero-order chi connectivity index (χ0) is 16.9. The maximum absolute atomic E-state index is 12.1. The van der Waals surface area contributed by atoms with Crippen molar-refractivity contribution in [2.75, 3.05) is 6.61 Å². The van der Waals surface area contributed by atoms with Gasteiger partial charge in [0.2, 0.25) is 0 Å². The lowest BCUT2D eigenvalue weighted by molar-refractivity contribution is -0.174. The van der Waals surface area contributed by atoms with Crippen LogP contribution in [0.15, 0.2) is 24.3 Å². The second kappa shape index (κ2) is 7.28. The van der Waals surface area contributed by atoms with Gasteiger partial charge in [-0.1, -0.05) is 29.5 Å². The molecular weight excluding hydrogens is 310 g/mol. The first-order valence-corrected chi connectivity index (χ1v) is 7.95. The maximum Gasteiger partial charge on any atom is 0.358 e. The molecule has 0 aromatic heterocycles. The van der Waals surface area contributed by atoms with Gasteiger partial charge in [-0.2, -0.15) is 0 Å². The molecule has 1 unspecified atom stereocenters. The second-order valence-electron chi connectivity index (χ2n) is 5.63. The zero-order valence-corrected chi connectivity index (χ0v) is 13.1. The molecule has 1 aromatic carbocycles. The van der Waals surface area contributed by atoms with Crippen LogP contribution in [-0.2, 0) is 14.4 Å². The molecule has 0 bridgehead atoms. The first kappa shape index (κ1) is 16.2. The van der Waals surface area contributed by atoms with E-state index in [9.17, 15) is 14.4 Å². The topological polar surface area (TPSA) is 72.9 Å². The Labute approximate surface area is 139 Å². The Kier molecular flexibility index (Phi) is 4.92. The van der Waals surface area contributed by atoms with Gasteiger partial charge in [-0.25, -0.2) is 4.79 Å². The Bertz CT molecular complexity index is 695. The molecule has 6 heteroatoms. The van der Waals surface area contributed by atoms with E-state index in [0.717, 1.165) is 32.1 Å². The Morgan fingerprint density at radius 3 is 2.54 bits per heavy atom. The number of hydroxylamine groups is 2. The van der Waals surface area contributed by atoms with Gasteiger partial charge in [0.1, 0.15) is 12.7 Å². The van der Waals surface area contributed by atoms with Crippen molar-refractivity contribution >= 4 is 17.8 Å². The van der Waals surface area contributed by atoms with Crippen LogP contribution in [0.4, 0.5) is 0 Å². The largest absolute Gasteiger partial charge is 0.358 e. The summed E-state index contributed by atoms with van der Waals surface area (Å²) in [5.41, 5.74) is 0.448. The highest BCUT2D eigenvalue weighted by Crippen LogP contribution is 2.22. The Hall–Kier alpha value is -2.65. The van der Waals surface area contributed by atoms with Gasteiger partial charge < -0.3 is 9.57 Å². The minimum absolute atomic E-state index is 0.224. The van der Waals surface area contributed by atoms with E-state index in [1.807, 2.05) is 0 Å². The van der Waals surface area contributed by atoms with E-state index >= 15 is 0 Å². The maximum atomic E-state index is 12.1. The fraction of sp³-hybridized carbons (Fsp3) is 0.389. The predicted octanol–water partition coefficient (Wildman–Crippen LogP) is 2.09. The standard InChI is InChI=1S/C18H17NO5/c20-16(12-23-13-8-4-2-1-3-5-9-13)24-19-17(21)14-10-6-7-11-15(14)18(19)22/h6-7,10-11,13H,1-4,8,12H2. The number of hydrogen-bond acceptors (Lipinski definition) is 5. The van der Waals surface area contributed by atoms with Crippen LogP contribution in [0, 0.1) is 11.8 Å². The van der Waals surface area contributed by atoms with Gasteiger partial charge in [0, 0.05) is 6.42 Å². The highest BCUT2D eigenvalue weighted by molar-refractivity contribution is 6.20.